The Kier molecular flexibility index (Phi) is 3.49. The van der Waals surface area contributed by atoms with Crippen LogP contribution in [0.25, 0.3) is 10.9 Å². The van der Waals surface area contributed by atoms with Crippen molar-refractivity contribution in [3.8, 4) is 5.75 Å². The van der Waals surface area contributed by atoms with Crippen molar-refractivity contribution in [1.82, 2.24) is 15.3 Å². The highest BCUT2D eigenvalue weighted by atomic mass is 16.5. The molecule has 2 N–H and O–H groups in total. The van der Waals surface area contributed by atoms with E-state index in [2.05, 4.69) is 15.3 Å². The Morgan fingerprint density at radius 1 is 1.25 bits per heavy atom. The molecule has 1 aliphatic heterocycles. The van der Waals surface area contributed by atoms with Crippen molar-refractivity contribution >= 4 is 16.8 Å². The van der Waals surface area contributed by atoms with Crippen molar-refractivity contribution in [1.29, 1.82) is 0 Å². The van der Waals surface area contributed by atoms with Crippen LogP contribution in [0.4, 0.5) is 0 Å². The van der Waals surface area contributed by atoms with Gasteiger partial charge in [-0.25, -0.2) is 4.98 Å². The number of nitrogens with zero attached hydrogens (tertiary/aromatic N) is 1. The lowest BCUT2D eigenvalue weighted by Gasteiger charge is -2.07. The Hall–Kier alpha value is -3.15. The number of rotatable bonds is 3. The largest absolute Gasteiger partial charge is 0.493 e. The van der Waals surface area contributed by atoms with Crippen molar-refractivity contribution in [2.24, 2.45) is 0 Å². The summed E-state index contributed by atoms with van der Waals surface area (Å²) in [5, 5.41) is 3.25. The van der Waals surface area contributed by atoms with Gasteiger partial charge in [-0.3, -0.25) is 9.59 Å². The molecule has 6 heteroatoms. The molecule has 1 aliphatic rings. The van der Waals surface area contributed by atoms with Gasteiger partial charge in [0.05, 0.1) is 17.5 Å². The van der Waals surface area contributed by atoms with Crippen LogP contribution >= 0.6 is 0 Å². The first-order valence-corrected chi connectivity index (χ1v) is 7.72. The van der Waals surface area contributed by atoms with Gasteiger partial charge in [-0.15, -0.1) is 0 Å². The zero-order valence-electron chi connectivity index (χ0n) is 12.8. The first kappa shape index (κ1) is 14.4. The lowest BCUT2D eigenvalue weighted by atomic mass is 10.1. The number of aromatic nitrogens is 2. The highest BCUT2D eigenvalue weighted by Crippen LogP contribution is 2.25. The summed E-state index contributed by atoms with van der Waals surface area (Å²) in [7, 11) is 0. The molecule has 24 heavy (non-hydrogen) atoms. The van der Waals surface area contributed by atoms with Crippen LogP contribution < -0.4 is 15.6 Å². The van der Waals surface area contributed by atoms with Gasteiger partial charge in [-0.05, 0) is 29.3 Å². The highest BCUT2D eigenvalue weighted by molar-refractivity contribution is 5.92. The van der Waals surface area contributed by atoms with Crippen molar-refractivity contribution in [2.45, 2.75) is 13.0 Å². The molecule has 0 aliphatic carbocycles. The topological polar surface area (TPSA) is 84.1 Å². The Labute approximate surface area is 137 Å². The van der Waals surface area contributed by atoms with Crippen molar-refractivity contribution in [3.05, 3.63) is 69.8 Å². The van der Waals surface area contributed by atoms with Crippen LogP contribution in [0.5, 0.6) is 5.75 Å². The number of ether oxygens (including phenoxy) is 1. The maximum absolute atomic E-state index is 12.3. The minimum absolute atomic E-state index is 0.0168. The second kappa shape index (κ2) is 5.81. The van der Waals surface area contributed by atoms with Crippen molar-refractivity contribution in [2.75, 3.05) is 6.61 Å². The first-order chi connectivity index (χ1) is 11.7. The monoisotopic (exact) mass is 321 g/mol. The summed E-state index contributed by atoms with van der Waals surface area (Å²) in [5.74, 6) is 0.517. The van der Waals surface area contributed by atoms with E-state index in [0.29, 0.717) is 24.1 Å². The second-order valence-electron chi connectivity index (χ2n) is 5.65. The maximum atomic E-state index is 12.3. The Bertz CT molecular complexity index is 994. The van der Waals surface area contributed by atoms with Gasteiger partial charge >= 0.3 is 0 Å². The third-order valence-electron chi connectivity index (χ3n) is 4.03. The molecule has 0 fully saturated rings. The normalized spacial score (nSPS) is 12.7. The summed E-state index contributed by atoms with van der Waals surface area (Å²) in [6.07, 6.45) is 0.886. The van der Waals surface area contributed by atoms with Crippen LogP contribution in [0.1, 0.15) is 21.7 Å². The summed E-state index contributed by atoms with van der Waals surface area (Å²) in [4.78, 5) is 31.0. The number of nitrogens with one attached hydrogen (secondary N) is 2. The molecule has 6 nitrogen and oxygen atoms in total. The fourth-order valence-corrected chi connectivity index (χ4v) is 2.81. The average molecular weight is 321 g/mol. The van der Waals surface area contributed by atoms with E-state index in [9.17, 15) is 9.59 Å². The lowest BCUT2D eigenvalue weighted by molar-refractivity contribution is 0.0940. The fourth-order valence-electron chi connectivity index (χ4n) is 2.81. The number of hydrogen-bond donors (Lipinski definition) is 2. The molecule has 4 rings (SSSR count). The standard InChI is InChI=1S/C18H15N3O3/c22-17-13-3-1-2-4-14(13)20-16(21-17)18(23)19-10-11-5-6-15-12(9-11)7-8-24-15/h1-6,9H,7-8,10H2,(H,19,23)(H,20,21,22). The molecule has 0 radical (unpaired) electrons. The summed E-state index contributed by atoms with van der Waals surface area (Å²) < 4.78 is 5.47. The quantitative estimate of drug-likeness (QED) is 0.770. The second-order valence-corrected chi connectivity index (χ2v) is 5.65. The Morgan fingerprint density at radius 3 is 3.04 bits per heavy atom. The third kappa shape index (κ3) is 2.62. The van der Waals surface area contributed by atoms with E-state index in [1.165, 1.54) is 0 Å². The summed E-state index contributed by atoms with van der Waals surface area (Å²) in [6, 6.07) is 12.8. The molecular formula is C18H15N3O3. The fraction of sp³-hybridized carbons (Fsp3) is 0.167. The van der Waals surface area contributed by atoms with Crippen molar-refractivity contribution in [3.63, 3.8) is 0 Å². The lowest BCUT2D eigenvalue weighted by Crippen LogP contribution is -2.27. The number of amides is 1. The zero-order valence-corrected chi connectivity index (χ0v) is 12.8. The zero-order chi connectivity index (χ0) is 16.5. The van der Waals surface area contributed by atoms with Gasteiger partial charge in [0.25, 0.3) is 11.5 Å². The predicted molar refractivity (Wildman–Crippen MR) is 89.2 cm³/mol. The minimum Gasteiger partial charge on any atom is -0.493 e. The number of hydrogen-bond acceptors (Lipinski definition) is 4. The maximum Gasteiger partial charge on any atom is 0.287 e. The smallest absolute Gasteiger partial charge is 0.287 e. The van der Waals surface area contributed by atoms with Gasteiger partial charge < -0.3 is 15.0 Å². The number of carbonyl (C=O) groups is 1. The molecule has 0 spiro atoms. The van der Waals surface area contributed by atoms with Gasteiger partial charge in [-0.1, -0.05) is 24.3 Å². The molecular weight excluding hydrogens is 306 g/mol. The highest BCUT2D eigenvalue weighted by Gasteiger charge is 2.14. The molecule has 0 saturated carbocycles. The Balaban J connectivity index is 1.53. The van der Waals surface area contributed by atoms with E-state index < -0.39 is 5.91 Å². The predicted octanol–water partition coefficient (Wildman–Crippen LogP) is 1.79. The molecule has 0 unspecified atom stereocenters. The number of carbonyl (C=O) groups excluding carboxylic acids is 1. The van der Waals surface area contributed by atoms with Crippen molar-refractivity contribution < 1.29 is 9.53 Å². The van der Waals surface area contributed by atoms with Crippen LogP contribution in [0, 0.1) is 0 Å². The van der Waals surface area contributed by atoms with Gasteiger partial charge in [0.15, 0.2) is 5.82 Å². The van der Waals surface area contributed by atoms with Gasteiger partial charge in [0, 0.05) is 13.0 Å². The molecule has 0 saturated heterocycles. The summed E-state index contributed by atoms with van der Waals surface area (Å²) in [5.41, 5.74) is 2.32. The van der Waals surface area contributed by atoms with E-state index in [-0.39, 0.29) is 11.4 Å². The summed E-state index contributed by atoms with van der Waals surface area (Å²) in [6.45, 7) is 1.07. The minimum atomic E-state index is -0.408. The average Bonchev–Trinajstić information content (AvgIpc) is 3.07. The van der Waals surface area contributed by atoms with E-state index in [1.54, 1.807) is 24.3 Å². The molecule has 2 aromatic carbocycles. The number of para-hydroxylation sites is 1. The van der Waals surface area contributed by atoms with E-state index in [4.69, 9.17) is 4.74 Å². The molecule has 2 heterocycles. The number of fused-ring (bicyclic) bond motifs is 2. The Morgan fingerprint density at radius 2 is 2.12 bits per heavy atom. The van der Waals surface area contributed by atoms with Crippen LogP contribution in [0.3, 0.4) is 0 Å². The van der Waals surface area contributed by atoms with Crippen LogP contribution in [-0.4, -0.2) is 22.5 Å². The third-order valence-corrected chi connectivity index (χ3v) is 4.03. The van der Waals surface area contributed by atoms with Gasteiger partial charge in [0.2, 0.25) is 0 Å². The van der Waals surface area contributed by atoms with Crippen LogP contribution in [0.15, 0.2) is 47.3 Å². The van der Waals surface area contributed by atoms with Crippen LogP contribution in [0.2, 0.25) is 0 Å². The van der Waals surface area contributed by atoms with Gasteiger partial charge in [0.1, 0.15) is 5.75 Å². The number of H-pyrrole nitrogens is 1. The molecule has 3 aromatic rings. The molecule has 1 aromatic heterocycles. The summed E-state index contributed by atoms with van der Waals surface area (Å²) >= 11 is 0. The molecule has 1 amide bonds. The molecule has 120 valence electrons. The van der Waals surface area contributed by atoms with Gasteiger partial charge in [-0.2, -0.15) is 0 Å². The number of benzene rings is 2. The SMILES string of the molecule is O=C(NCc1ccc2c(c1)CCO2)c1nc2ccccc2c(=O)[nH]1. The first-order valence-electron chi connectivity index (χ1n) is 7.72. The molecule has 0 atom stereocenters. The molecule has 0 bridgehead atoms. The van der Waals surface area contributed by atoms with E-state index in [0.717, 1.165) is 23.3 Å². The van der Waals surface area contributed by atoms with Crippen LogP contribution in [-0.2, 0) is 13.0 Å². The number of aromatic amines is 1. The van der Waals surface area contributed by atoms with E-state index in [1.807, 2.05) is 18.2 Å². The van der Waals surface area contributed by atoms with E-state index >= 15 is 0 Å².